The summed E-state index contributed by atoms with van der Waals surface area (Å²) in [7, 11) is 0. The summed E-state index contributed by atoms with van der Waals surface area (Å²) in [6, 6.07) is 6.71. The summed E-state index contributed by atoms with van der Waals surface area (Å²) in [5.74, 6) is -0.413. The van der Waals surface area contributed by atoms with Crippen LogP contribution >= 0.6 is 11.8 Å². The van der Waals surface area contributed by atoms with Crippen LogP contribution in [-0.4, -0.2) is 33.3 Å². The number of hydrogen-bond donors (Lipinski definition) is 2. The average Bonchev–Trinajstić information content (AvgIpc) is 2.71. The summed E-state index contributed by atoms with van der Waals surface area (Å²) in [5.41, 5.74) is 0.518. The van der Waals surface area contributed by atoms with Crippen molar-refractivity contribution in [1.29, 1.82) is 0 Å². The normalized spacial score (nSPS) is 12.0. The molecule has 0 bridgehead atoms. The lowest BCUT2D eigenvalue weighted by molar-refractivity contribution is -0.117. The molecular weight excluding hydrogens is 388 g/mol. The Balaban J connectivity index is 2.12. The van der Waals surface area contributed by atoms with Crippen molar-refractivity contribution >= 4 is 34.6 Å². The van der Waals surface area contributed by atoms with E-state index in [4.69, 9.17) is 0 Å². The van der Waals surface area contributed by atoms with Crippen molar-refractivity contribution in [3.63, 3.8) is 0 Å². The monoisotopic (exact) mass is 418 g/mol. The molecule has 1 heterocycles. The van der Waals surface area contributed by atoms with Crippen molar-refractivity contribution < 1.29 is 9.59 Å². The van der Waals surface area contributed by atoms with Gasteiger partial charge in [-0.15, -0.1) is 0 Å². The molecule has 1 aromatic carbocycles. The Bertz CT molecular complexity index is 897. The second-order valence-corrected chi connectivity index (χ2v) is 7.99. The number of fused-ring (bicyclic) bond motifs is 1. The Labute approximate surface area is 175 Å². The highest BCUT2D eigenvalue weighted by Gasteiger charge is 2.15. The van der Waals surface area contributed by atoms with Gasteiger partial charge in [-0.3, -0.25) is 19.5 Å². The first-order valence-electron chi connectivity index (χ1n) is 10.2. The molecule has 0 aliphatic carbocycles. The largest absolute Gasteiger partial charge is 0.335 e. The zero-order chi connectivity index (χ0) is 21.2. The van der Waals surface area contributed by atoms with Gasteiger partial charge in [0.1, 0.15) is 0 Å². The van der Waals surface area contributed by atoms with Crippen molar-refractivity contribution in [2.45, 2.75) is 70.6 Å². The minimum absolute atomic E-state index is 0.00761. The fourth-order valence-corrected chi connectivity index (χ4v) is 3.63. The van der Waals surface area contributed by atoms with Crippen LogP contribution in [0.1, 0.15) is 52.9 Å². The van der Waals surface area contributed by atoms with Gasteiger partial charge in [-0.25, -0.2) is 9.78 Å². The molecule has 0 radical (unpaired) electrons. The minimum Gasteiger partial charge on any atom is -0.335 e. The number of urea groups is 1. The molecule has 0 unspecified atom stereocenters. The number of carbonyl (C=O) groups excluding carboxylic acids is 2. The van der Waals surface area contributed by atoms with Crippen LogP contribution < -0.4 is 16.2 Å². The Morgan fingerprint density at radius 2 is 1.93 bits per heavy atom. The molecule has 2 rings (SSSR count). The van der Waals surface area contributed by atoms with Gasteiger partial charge in [-0.05, 0) is 31.9 Å². The fraction of sp³-hybridized carbons (Fsp3) is 0.524. The Kier molecular flexibility index (Phi) is 9.18. The van der Waals surface area contributed by atoms with E-state index in [-0.39, 0.29) is 17.4 Å². The van der Waals surface area contributed by atoms with Crippen molar-refractivity contribution in [3.05, 3.63) is 34.6 Å². The Morgan fingerprint density at radius 1 is 1.17 bits per heavy atom. The first kappa shape index (κ1) is 22.9. The van der Waals surface area contributed by atoms with E-state index in [1.54, 1.807) is 16.7 Å². The Morgan fingerprint density at radius 3 is 2.66 bits per heavy atom. The van der Waals surface area contributed by atoms with Gasteiger partial charge < -0.3 is 5.32 Å². The van der Waals surface area contributed by atoms with Gasteiger partial charge >= 0.3 is 6.03 Å². The summed E-state index contributed by atoms with van der Waals surface area (Å²) >= 11 is 1.17. The van der Waals surface area contributed by atoms with Gasteiger partial charge in [0.05, 0.1) is 16.7 Å². The van der Waals surface area contributed by atoms with Gasteiger partial charge in [0.2, 0.25) is 5.91 Å². The van der Waals surface area contributed by atoms with Crippen LogP contribution in [0.15, 0.2) is 34.2 Å². The molecule has 29 heavy (non-hydrogen) atoms. The molecule has 0 aliphatic rings. The van der Waals surface area contributed by atoms with E-state index in [1.165, 1.54) is 11.8 Å². The molecule has 3 amide bonds. The minimum atomic E-state index is -0.506. The maximum absolute atomic E-state index is 12.9. The van der Waals surface area contributed by atoms with Crippen molar-refractivity contribution in [3.8, 4) is 0 Å². The summed E-state index contributed by atoms with van der Waals surface area (Å²) in [6.45, 7) is 6.53. The van der Waals surface area contributed by atoms with Crippen molar-refractivity contribution in [2.75, 3.05) is 5.75 Å². The molecule has 7 nitrogen and oxygen atoms in total. The second-order valence-electron chi connectivity index (χ2n) is 7.05. The number of para-hydroxylation sites is 1. The van der Waals surface area contributed by atoms with Gasteiger partial charge in [0, 0.05) is 12.6 Å². The third-order valence-electron chi connectivity index (χ3n) is 4.64. The summed E-state index contributed by atoms with van der Waals surface area (Å²) in [6.07, 6.45) is 4.93. The lowest BCUT2D eigenvalue weighted by Crippen LogP contribution is -2.44. The number of imide groups is 1. The highest BCUT2D eigenvalue weighted by molar-refractivity contribution is 7.99. The first-order chi connectivity index (χ1) is 14.0. The van der Waals surface area contributed by atoms with Crippen LogP contribution in [0.2, 0.25) is 0 Å². The number of rotatable bonds is 10. The van der Waals surface area contributed by atoms with E-state index in [9.17, 15) is 14.4 Å². The van der Waals surface area contributed by atoms with Crippen LogP contribution in [0.4, 0.5) is 4.79 Å². The van der Waals surface area contributed by atoms with Gasteiger partial charge in [-0.1, -0.05) is 57.0 Å². The lowest BCUT2D eigenvalue weighted by atomic mass is 10.2. The number of hydrogen-bond acceptors (Lipinski definition) is 5. The van der Waals surface area contributed by atoms with Gasteiger partial charge in [0.15, 0.2) is 5.16 Å². The number of carbonyl (C=O) groups is 2. The number of aromatic nitrogens is 2. The predicted octanol–water partition coefficient (Wildman–Crippen LogP) is 3.69. The average molecular weight is 419 g/mol. The van der Waals surface area contributed by atoms with E-state index >= 15 is 0 Å². The Hall–Kier alpha value is -2.35. The smallest absolute Gasteiger partial charge is 0.321 e. The van der Waals surface area contributed by atoms with E-state index < -0.39 is 11.9 Å². The summed E-state index contributed by atoms with van der Waals surface area (Å²) in [5, 5.41) is 6.09. The molecule has 0 aliphatic heterocycles. The highest BCUT2D eigenvalue weighted by atomic mass is 32.2. The van der Waals surface area contributed by atoms with Crippen molar-refractivity contribution in [1.82, 2.24) is 20.2 Å². The van der Waals surface area contributed by atoms with Crippen LogP contribution in [0.3, 0.4) is 0 Å². The zero-order valence-electron chi connectivity index (χ0n) is 17.4. The fourth-order valence-electron chi connectivity index (χ4n) is 2.81. The van der Waals surface area contributed by atoms with Gasteiger partial charge in [-0.2, -0.15) is 0 Å². The zero-order valence-corrected chi connectivity index (χ0v) is 18.2. The standard InChI is InChI=1S/C21H30N4O3S/c1-4-6-7-10-13-25-19(27)16-11-8-9-12-17(16)23-21(25)29-14-18(26)24-20(28)22-15(3)5-2/h8-9,11-12,15H,4-7,10,13-14H2,1-3H3,(H2,22,24,26,28)/t15-/m0/s1. The van der Waals surface area contributed by atoms with E-state index in [0.717, 1.165) is 32.1 Å². The topological polar surface area (TPSA) is 93.1 Å². The third-order valence-corrected chi connectivity index (χ3v) is 5.61. The molecule has 2 N–H and O–H groups in total. The number of thioether (sulfide) groups is 1. The maximum Gasteiger partial charge on any atom is 0.321 e. The molecule has 0 saturated carbocycles. The summed E-state index contributed by atoms with van der Waals surface area (Å²) in [4.78, 5) is 41.5. The molecule has 0 fully saturated rings. The first-order valence-corrected chi connectivity index (χ1v) is 11.2. The van der Waals surface area contributed by atoms with Crippen LogP contribution in [0.5, 0.6) is 0 Å². The summed E-state index contributed by atoms with van der Waals surface area (Å²) < 4.78 is 1.65. The number of nitrogens with zero attached hydrogens (tertiary/aromatic N) is 2. The van der Waals surface area contributed by atoms with E-state index in [0.29, 0.717) is 22.6 Å². The maximum atomic E-state index is 12.9. The molecular formula is C21H30N4O3S. The number of unbranched alkanes of at least 4 members (excludes halogenated alkanes) is 3. The molecule has 2 aromatic rings. The third kappa shape index (κ3) is 6.88. The lowest BCUT2D eigenvalue weighted by Gasteiger charge is -2.14. The second kappa shape index (κ2) is 11.6. The predicted molar refractivity (Wildman–Crippen MR) is 117 cm³/mol. The molecule has 1 atom stereocenters. The van der Waals surface area contributed by atoms with Crippen LogP contribution in [0.25, 0.3) is 10.9 Å². The molecule has 0 spiro atoms. The molecule has 1 aromatic heterocycles. The van der Waals surface area contributed by atoms with Crippen LogP contribution in [-0.2, 0) is 11.3 Å². The molecule has 158 valence electrons. The van der Waals surface area contributed by atoms with Gasteiger partial charge in [0.25, 0.3) is 5.56 Å². The number of amides is 3. The molecule has 8 heteroatoms. The number of nitrogens with one attached hydrogen (secondary N) is 2. The highest BCUT2D eigenvalue weighted by Crippen LogP contribution is 2.18. The van der Waals surface area contributed by atoms with E-state index in [1.807, 2.05) is 26.0 Å². The SMILES string of the molecule is CCCCCCn1c(SCC(=O)NC(=O)N[C@@H](C)CC)nc2ccccc2c1=O. The van der Waals surface area contributed by atoms with Crippen LogP contribution in [0, 0.1) is 0 Å². The quantitative estimate of drug-likeness (QED) is 0.349. The van der Waals surface area contributed by atoms with E-state index in [2.05, 4.69) is 22.5 Å². The number of benzene rings is 1. The van der Waals surface area contributed by atoms with Crippen molar-refractivity contribution in [2.24, 2.45) is 0 Å². The molecule has 0 saturated heterocycles.